The fourth-order valence-corrected chi connectivity index (χ4v) is 2.08. The number of methoxy groups -OCH3 is 3. The van der Waals surface area contributed by atoms with E-state index in [1.165, 1.54) is 21.3 Å². The lowest BCUT2D eigenvalue weighted by molar-refractivity contribution is 0.106. The molecule has 0 fully saturated rings. The van der Waals surface area contributed by atoms with Gasteiger partial charge in [-0.2, -0.15) is 0 Å². The molecule has 1 aliphatic rings. The topological polar surface area (TPSA) is 77.4 Å². The summed E-state index contributed by atoms with van der Waals surface area (Å²) in [5.74, 6) is 0.771. The first-order chi connectivity index (χ1) is 8.67. The molecule has 0 radical (unpaired) electrons. The smallest absolute Gasteiger partial charge is 0.215 e. The summed E-state index contributed by atoms with van der Waals surface area (Å²) < 4.78 is 15.6. The third-order valence-corrected chi connectivity index (χ3v) is 2.88. The Balaban J connectivity index is 2.72. The highest BCUT2D eigenvalue weighted by Crippen LogP contribution is 2.44. The number of Topliss-reactive ketones (excluding diaryl/α,β-unsaturated/α-hetero) is 1. The molecule has 0 unspecified atom stereocenters. The molecular weight excluding hydrogens is 238 g/mol. The average molecular weight is 251 g/mol. The number of hydrogen-bond acceptors (Lipinski definition) is 6. The molecule has 18 heavy (non-hydrogen) atoms. The monoisotopic (exact) mass is 251 g/mol. The molecular formula is C12H13NO5. The van der Waals surface area contributed by atoms with Crippen molar-refractivity contribution in [1.82, 2.24) is 0 Å². The fourth-order valence-electron chi connectivity index (χ4n) is 2.08. The van der Waals surface area contributed by atoms with Gasteiger partial charge in [-0.3, -0.25) is 4.79 Å². The Morgan fingerprint density at radius 3 is 2.33 bits per heavy atom. The molecule has 0 saturated heterocycles. The van der Waals surface area contributed by atoms with Gasteiger partial charge in [-0.15, -0.1) is 0 Å². The molecule has 1 aromatic carbocycles. The second-order valence-electron chi connectivity index (χ2n) is 3.73. The van der Waals surface area contributed by atoms with Crippen LogP contribution in [0.2, 0.25) is 0 Å². The minimum Gasteiger partial charge on any atom is -0.493 e. The predicted octanol–water partition coefficient (Wildman–Crippen LogP) is 1.28. The normalized spacial score (nSPS) is 15.7. The van der Waals surface area contributed by atoms with Gasteiger partial charge >= 0.3 is 0 Å². The number of ether oxygens (including phenoxy) is 3. The summed E-state index contributed by atoms with van der Waals surface area (Å²) in [6.45, 7) is 0. The van der Waals surface area contributed by atoms with E-state index in [1.807, 2.05) is 0 Å². The number of carbonyl (C=O) groups excluding carboxylic acids is 1. The Kier molecular flexibility index (Phi) is 3.10. The van der Waals surface area contributed by atoms with E-state index in [0.717, 1.165) is 0 Å². The summed E-state index contributed by atoms with van der Waals surface area (Å²) in [6, 6.07) is 1.69. The first-order valence-electron chi connectivity index (χ1n) is 5.25. The quantitative estimate of drug-likeness (QED) is 0.646. The summed E-state index contributed by atoms with van der Waals surface area (Å²) in [5.41, 5.74) is 1.14. The molecule has 0 saturated carbocycles. The number of rotatable bonds is 3. The van der Waals surface area contributed by atoms with Gasteiger partial charge in [0.25, 0.3) is 0 Å². The zero-order valence-corrected chi connectivity index (χ0v) is 10.3. The van der Waals surface area contributed by atoms with Crippen LogP contribution in [-0.2, 0) is 6.42 Å². The van der Waals surface area contributed by atoms with Crippen molar-refractivity contribution in [3.63, 3.8) is 0 Å². The molecule has 0 heterocycles. The summed E-state index contributed by atoms with van der Waals surface area (Å²) in [4.78, 5) is 12.0. The van der Waals surface area contributed by atoms with Gasteiger partial charge in [0.1, 0.15) is 5.71 Å². The van der Waals surface area contributed by atoms with Gasteiger partial charge in [-0.05, 0) is 11.6 Å². The van der Waals surface area contributed by atoms with Crippen LogP contribution in [0.5, 0.6) is 17.2 Å². The van der Waals surface area contributed by atoms with Crippen molar-refractivity contribution in [3.05, 3.63) is 17.2 Å². The lowest BCUT2D eigenvalue weighted by atomic mass is 10.1. The number of benzene rings is 1. The molecule has 0 atom stereocenters. The van der Waals surface area contributed by atoms with Crippen molar-refractivity contribution in [2.24, 2.45) is 5.16 Å². The van der Waals surface area contributed by atoms with Crippen LogP contribution in [0, 0.1) is 0 Å². The molecule has 1 N–H and O–H groups in total. The number of fused-ring (bicyclic) bond motifs is 1. The molecule has 0 spiro atoms. The second kappa shape index (κ2) is 4.56. The first-order valence-corrected chi connectivity index (χ1v) is 5.25. The summed E-state index contributed by atoms with van der Waals surface area (Å²) in [7, 11) is 4.41. The van der Waals surface area contributed by atoms with Crippen LogP contribution in [0.15, 0.2) is 11.2 Å². The van der Waals surface area contributed by atoms with Crippen molar-refractivity contribution in [2.75, 3.05) is 21.3 Å². The van der Waals surface area contributed by atoms with Crippen LogP contribution in [-0.4, -0.2) is 38.0 Å². The van der Waals surface area contributed by atoms with Gasteiger partial charge in [0.2, 0.25) is 11.5 Å². The number of ketones is 1. The van der Waals surface area contributed by atoms with Crippen LogP contribution in [0.3, 0.4) is 0 Å². The van der Waals surface area contributed by atoms with Crippen molar-refractivity contribution < 1.29 is 24.2 Å². The molecule has 1 aromatic rings. The van der Waals surface area contributed by atoms with E-state index in [4.69, 9.17) is 19.4 Å². The molecule has 0 amide bonds. The van der Waals surface area contributed by atoms with Crippen molar-refractivity contribution in [3.8, 4) is 17.2 Å². The molecule has 96 valence electrons. The van der Waals surface area contributed by atoms with Crippen LogP contribution in [0.1, 0.15) is 15.9 Å². The third-order valence-electron chi connectivity index (χ3n) is 2.88. The van der Waals surface area contributed by atoms with Gasteiger partial charge in [0.15, 0.2) is 11.5 Å². The zero-order chi connectivity index (χ0) is 13.3. The molecule has 0 aromatic heterocycles. The molecule has 0 aliphatic heterocycles. The SMILES string of the molecule is COc1cc2c(c(OC)c1OC)C(=O)/C(=N/O)C2. The number of oxime groups is 1. The molecule has 2 rings (SSSR count). The lowest BCUT2D eigenvalue weighted by Gasteiger charge is -2.14. The highest BCUT2D eigenvalue weighted by atomic mass is 16.5. The Labute approximate surface area is 104 Å². The largest absolute Gasteiger partial charge is 0.493 e. The summed E-state index contributed by atoms with van der Waals surface area (Å²) in [5, 5.41) is 11.8. The van der Waals surface area contributed by atoms with E-state index >= 15 is 0 Å². The van der Waals surface area contributed by atoms with Crippen molar-refractivity contribution >= 4 is 11.5 Å². The zero-order valence-electron chi connectivity index (χ0n) is 10.3. The second-order valence-corrected chi connectivity index (χ2v) is 3.73. The minimum absolute atomic E-state index is 0.0820. The number of nitrogens with zero attached hydrogens (tertiary/aromatic N) is 1. The maximum Gasteiger partial charge on any atom is 0.215 e. The first kappa shape index (κ1) is 12.2. The van der Waals surface area contributed by atoms with Crippen LogP contribution in [0.25, 0.3) is 0 Å². The highest BCUT2D eigenvalue weighted by molar-refractivity contribution is 6.50. The molecule has 6 nitrogen and oxygen atoms in total. The van der Waals surface area contributed by atoms with E-state index in [2.05, 4.69) is 5.16 Å². The Bertz CT molecular complexity index is 536. The van der Waals surface area contributed by atoms with Crippen LogP contribution in [0.4, 0.5) is 0 Å². The van der Waals surface area contributed by atoms with Crippen LogP contribution < -0.4 is 14.2 Å². The van der Waals surface area contributed by atoms with Gasteiger partial charge < -0.3 is 19.4 Å². The summed E-state index contributed by atoms with van der Waals surface area (Å²) in [6.07, 6.45) is 0.251. The van der Waals surface area contributed by atoms with Gasteiger partial charge in [-0.1, -0.05) is 5.16 Å². The van der Waals surface area contributed by atoms with Gasteiger partial charge in [0, 0.05) is 6.42 Å². The van der Waals surface area contributed by atoms with Gasteiger partial charge in [-0.25, -0.2) is 0 Å². The van der Waals surface area contributed by atoms with Crippen molar-refractivity contribution in [2.45, 2.75) is 6.42 Å². The predicted molar refractivity (Wildman–Crippen MR) is 63.4 cm³/mol. The van der Waals surface area contributed by atoms with Crippen LogP contribution >= 0.6 is 0 Å². The highest BCUT2D eigenvalue weighted by Gasteiger charge is 2.34. The number of hydrogen-bond donors (Lipinski definition) is 1. The Morgan fingerprint density at radius 1 is 1.17 bits per heavy atom. The number of carbonyl (C=O) groups is 1. The van der Waals surface area contributed by atoms with E-state index in [-0.39, 0.29) is 17.9 Å². The fraction of sp³-hybridized carbons (Fsp3) is 0.333. The van der Waals surface area contributed by atoms with E-state index in [1.54, 1.807) is 6.07 Å². The Hall–Kier alpha value is -2.24. The molecule has 1 aliphatic carbocycles. The molecule has 0 bridgehead atoms. The minimum atomic E-state index is -0.356. The maximum absolute atomic E-state index is 12.0. The van der Waals surface area contributed by atoms with E-state index < -0.39 is 0 Å². The maximum atomic E-state index is 12.0. The average Bonchev–Trinajstić information content (AvgIpc) is 2.72. The Morgan fingerprint density at radius 2 is 1.83 bits per heavy atom. The lowest BCUT2D eigenvalue weighted by Crippen LogP contribution is -2.08. The van der Waals surface area contributed by atoms with Gasteiger partial charge in [0.05, 0.1) is 26.9 Å². The third kappa shape index (κ3) is 1.57. The van der Waals surface area contributed by atoms with Crippen molar-refractivity contribution in [1.29, 1.82) is 0 Å². The standard InChI is InChI=1S/C12H13NO5/c1-16-8-5-6-4-7(13-15)10(14)9(6)12(18-3)11(8)17-2/h5,15H,4H2,1-3H3/b13-7+. The van der Waals surface area contributed by atoms with E-state index in [9.17, 15) is 4.79 Å². The molecule has 6 heteroatoms. The summed E-state index contributed by atoms with van der Waals surface area (Å²) >= 11 is 0. The van der Waals surface area contributed by atoms with E-state index in [0.29, 0.717) is 28.4 Å².